The number of hydrogen-bond donors (Lipinski definition) is 0. The topological polar surface area (TPSA) is 107 Å². The molecule has 0 aliphatic carbocycles. The summed E-state index contributed by atoms with van der Waals surface area (Å²) in [6.07, 6.45) is 0. The molecular formula is C11H11N2O6S-. The Morgan fingerprint density at radius 2 is 1.70 bits per heavy atom. The van der Waals surface area contributed by atoms with E-state index in [1.54, 1.807) is 12.1 Å². The average molecular weight is 299 g/mol. The van der Waals surface area contributed by atoms with Crippen molar-refractivity contribution < 1.29 is 27.4 Å². The highest BCUT2D eigenvalue weighted by Crippen LogP contribution is 2.40. The van der Waals surface area contributed by atoms with Gasteiger partial charge in [0.15, 0.2) is 11.5 Å². The third kappa shape index (κ3) is 2.58. The highest BCUT2D eigenvalue weighted by Gasteiger charge is 2.17. The highest BCUT2D eigenvalue weighted by atomic mass is 32.2. The Hall–Kier alpha value is -2.13. The molecule has 0 spiro atoms. The summed E-state index contributed by atoms with van der Waals surface area (Å²) < 4.78 is 42.0. The number of nitrogens with zero attached hydrogens (tertiary/aromatic N) is 2. The number of rotatable bonds is 5. The van der Waals surface area contributed by atoms with Gasteiger partial charge in [0.2, 0.25) is 11.6 Å². The molecule has 0 fully saturated rings. The molecule has 0 amide bonds. The van der Waals surface area contributed by atoms with Crippen LogP contribution in [0.5, 0.6) is 17.2 Å². The van der Waals surface area contributed by atoms with E-state index in [1.165, 1.54) is 21.3 Å². The summed E-state index contributed by atoms with van der Waals surface area (Å²) >= 11 is -2.58. The van der Waals surface area contributed by atoms with Crippen molar-refractivity contribution in [2.24, 2.45) is 0 Å². The third-order valence-electron chi connectivity index (χ3n) is 2.46. The molecule has 0 aliphatic rings. The van der Waals surface area contributed by atoms with Crippen LogP contribution in [0.4, 0.5) is 0 Å². The maximum atomic E-state index is 10.7. The molecule has 9 heteroatoms. The van der Waals surface area contributed by atoms with Crippen LogP contribution in [-0.4, -0.2) is 40.3 Å². The molecule has 1 atom stereocenters. The average Bonchev–Trinajstić information content (AvgIpc) is 2.95. The second kappa shape index (κ2) is 5.88. The lowest BCUT2D eigenvalue weighted by atomic mass is 10.2. The first-order valence-electron chi connectivity index (χ1n) is 5.33. The van der Waals surface area contributed by atoms with Crippen molar-refractivity contribution >= 4 is 11.1 Å². The van der Waals surface area contributed by atoms with E-state index < -0.39 is 16.3 Å². The Balaban J connectivity index is 2.53. The van der Waals surface area contributed by atoms with Crippen LogP contribution in [0.25, 0.3) is 11.5 Å². The minimum Gasteiger partial charge on any atom is -0.765 e. The van der Waals surface area contributed by atoms with E-state index in [2.05, 4.69) is 10.2 Å². The van der Waals surface area contributed by atoms with E-state index >= 15 is 0 Å². The number of hydrogen-bond acceptors (Lipinski definition) is 8. The zero-order chi connectivity index (χ0) is 14.7. The van der Waals surface area contributed by atoms with Crippen molar-refractivity contribution in [2.75, 3.05) is 21.3 Å². The molecule has 0 radical (unpaired) electrons. The van der Waals surface area contributed by atoms with Gasteiger partial charge in [0, 0.05) is 16.6 Å². The number of aromatic nitrogens is 2. The van der Waals surface area contributed by atoms with Crippen LogP contribution >= 0.6 is 0 Å². The maximum Gasteiger partial charge on any atom is 0.294 e. The normalized spacial score (nSPS) is 12.0. The van der Waals surface area contributed by atoms with Crippen molar-refractivity contribution in [2.45, 2.75) is 5.22 Å². The predicted molar refractivity (Wildman–Crippen MR) is 66.6 cm³/mol. The second-order valence-electron chi connectivity index (χ2n) is 3.52. The van der Waals surface area contributed by atoms with E-state index in [0.717, 1.165) is 0 Å². The minimum absolute atomic E-state index is 0.0310. The van der Waals surface area contributed by atoms with Crippen LogP contribution < -0.4 is 14.2 Å². The SMILES string of the molecule is COc1cc(-c2nnc(S(=O)[O-])o2)cc(OC)c1OC. The lowest BCUT2D eigenvalue weighted by molar-refractivity contribution is 0.324. The van der Waals surface area contributed by atoms with E-state index in [9.17, 15) is 8.76 Å². The van der Waals surface area contributed by atoms with E-state index in [4.69, 9.17) is 18.6 Å². The largest absolute Gasteiger partial charge is 0.765 e. The molecule has 0 aliphatic heterocycles. The summed E-state index contributed by atoms with van der Waals surface area (Å²) in [5.74, 6) is 1.23. The Morgan fingerprint density at radius 3 is 2.10 bits per heavy atom. The molecule has 2 rings (SSSR count). The van der Waals surface area contributed by atoms with Gasteiger partial charge in [0.05, 0.1) is 21.3 Å². The first-order chi connectivity index (χ1) is 9.60. The molecule has 8 nitrogen and oxygen atoms in total. The van der Waals surface area contributed by atoms with Crippen molar-refractivity contribution in [3.8, 4) is 28.7 Å². The molecule has 108 valence electrons. The van der Waals surface area contributed by atoms with Crippen LogP contribution in [0.2, 0.25) is 0 Å². The fraction of sp³-hybridized carbons (Fsp3) is 0.273. The Kier molecular flexibility index (Phi) is 4.20. The second-order valence-corrected chi connectivity index (χ2v) is 4.34. The van der Waals surface area contributed by atoms with Gasteiger partial charge in [-0.05, 0) is 12.1 Å². The highest BCUT2D eigenvalue weighted by molar-refractivity contribution is 7.78. The standard InChI is InChI=1S/C11H12N2O6S/c1-16-7-4-6(5-8(17-2)9(7)18-3)10-12-13-11(19-10)20(14)15/h4-5H,1-3H3,(H,14,15)/p-1. The van der Waals surface area contributed by atoms with Crippen molar-refractivity contribution in [3.63, 3.8) is 0 Å². The molecule has 0 N–H and O–H groups in total. The summed E-state index contributed by atoms with van der Waals surface area (Å²) in [6, 6.07) is 3.15. The Morgan fingerprint density at radius 1 is 1.10 bits per heavy atom. The molecule has 20 heavy (non-hydrogen) atoms. The van der Waals surface area contributed by atoms with E-state index in [1.807, 2.05) is 0 Å². The summed E-state index contributed by atoms with van der Waals surface area (Å²) in [6.45, 7) is 0. The lowest BCUT2D eigenvalue weighted by Gasteiger charge is -2.12. The molecule has 2 aromatic rings. The molecule has 0 saturated carbocycles. The van der Waals surface area contributed by atoms with Gasteiger partial charge >= 0.3 is 0 Å². The summed E-state index contributed by atoms with van der Waals surface area (Å²) in [5.41, 5.74) is 0.448. The molecule has 0 saturated heterocycles. The molecule has 0 bridgehead atoms. The van der Waals surface area contributed by atoms with Gasteiger partial charge < -0.3 is 23.2 Å². The van der Waals surface area contributed by atoms with E-state index in [0.29, 0.717) is 22.8 Å². The van der Waals surface area contributed by atoms with Crippen LogP contribution in [0.1, 0.15) is 0 Å². The van der Waals surface area contributed by atoms with Gasteiger partial charge in [0.1, 0.15) is 0 Å². The molecule has 1 aromatic carbocycles. The molecular weight excluding hydrogens is 288 g/mol. The fourth-order valence-corrected chi connectivity index (χ4v) is 1.85. The van der Waals surface area contributed by atoms with Crippen molar-refractivity contribution in [1.82, 2.24) is 10.2 Å². The molecule has 1 heterocycles. The number of ether oxygens (including phenoxy) is 3. The summed E-state index contributed by atoms with van der Waals surface area (Å²) in [7, 11) is 4.41. The third-order valence-corrected chi connectivity index (χ3v) is 2.91. The van der Waals surface area contributed by atoms with Crippen molar-refractivity contribution in [1.29, 1.82) is 0 Å². The van der Waals surface area contributed by atoms with Gasteiger partial charge in [-0.25, -0.2) is 0 Å². The van der Waals surface area contributed by atoms with Crippen LogP contribution in [0.3, 0.4) is 0 Å². The zero-order valence-corrected chi connectivity index (χ0v) is 11.7. The van der Waals surface area contributed by atoms with Crippen molar-refractivity contribution in [3.05, 3.63) is 12.1 Å². The van der Waals surface area contributed by atoms with Gasteiger partial charge in [0.25, 0.3) is 5.22 Å². The fourth-order valence-electron chi connectivity index (χ4n) is 1.60. The van der Waals surface area contributed by atoms with Gasteiger partial charge in [-0.1, -0.05) is 5.10 Å². The van der Waals surface area contributed by atoms with Gasteiger partial charge in [-0.15, -0.1) is 5.10 Å². The van der Waals surface area contributed by atoms with Gasteiger partial charge in [-0.3, -0.25) is 4.21 Å². The predicted octanol–water partition coefficient (Wildman–Crippen LogP) is 1.00. The summed E-state index contributed by atoms with van der Waals surface area (Å²) in [4.78, 5) is 0. The zero-order valence-electron chi connectivity index (χ0n) is 10.9. The number of benzene rings is 1. The van der Waals surface area contributed by atoms with E-state index in [-0.39, 0.29) is 5.89 Å². The smallest absolute Gasteiger partial charge is 0.294 e. The van der Waals surface area contributed by atoms with Crippen LogP contribution in [-0.2, 0) is 11.1 Å². The summed E-state index contributed by atoms with van der Waals surface area (Å²) in [5, 5.41) is 6.56. The Bertz CT molecular complexity index is 617. The first-order valence-corrected chi connectivity index (χ1v) is 6.41. The lowest BCUT2D eigenvalue weighted by Crippen LogP contribution is -1.95. The minimum atomic E-state index is -2.58. The monoisotopic (exact) mass is 299 g/mol. The molecule has 1 unspecified atom stereocenters. The first kappa shape index (κ1) is 14.3. The van der Waals surface area contributed by atoms with Gasteiger partial charge in [-0.2, -0.15) is 0 Å². The van der Waals surface area contributed by atoms with Crippen LogP contribution in [0.15, 0.2) is 21.8 Å². The number of methoxy groups -OCH3 is 3. The maximum absolute atomic E-state index is 10.7. The van der Waals surface area contributed by atoms with Crippen LogP contribution in [0, 0.1) is 0 Å². The molecule has 1 aromatic heterocycles. The Labute approximate surface area is 117 Å². The quantitative estimate of drug-likeness (QED) is 0.752.